The van der Waals surface area contributed by atoms with E-state index in [1.807, 2.05) is 0 Å². The predicted octanol–water partition coefficient (Wildman–Crippen LogP) is -2.54. The van der Waals surface area contributed by atoms with Gasteiger partial charge in [-0.25, -0.2) is 22.9 Å². The minimum absolute atomic E-state index is 0.0598. The Morgan fingerprint density at radius 1 is 1.12 bits per heavy atom. The summed E-state index contributed by atoms with van der Waals surface area (Å²) < 4.78 is 46.4. The van der Waals surface area contributed by atoms with Gasteiger partial charge in [0.1, 0.15) is 11.8 Å². The number of hydrogen-bond acceptors (Lipinski definition) is 8. The second kappa shape index (κ2) is 13.3. The molecule has 23 heteroatoms. The molecule has 18 nitrogen and oxygen atoms in total. The highest BCUT2D eigenvalue weighted by molar-refractivity contribution is 7.45. The minimum atomic E-state index is -4.64. The molecule has 0 unspecified atom stereocenters. The van der Waals surface area contributed by atoms with Crippen LogP contribution in [0.5, 0.6) is 0 Å². The van der Waals surface area contributed by atoms with Crippen molar-refractivity contribution in [3.05, 3.63) is 22.5 Å². The van der Waals surface area contributed by atoms with Crippen LogP contribution >= 0.6 is 35.1 Å². The van der Waals surface area contributed by atoms with Gasteiger partial charge >= 0.3 is 29.2 Å². The molecule has 2 heterocycles. The number of phosphoric acid groups is 3. The summed E-state index contributed by atoms with van der Waals surface area (Å²) in [6, 6.07) is 0. The van der Waals surface area contributed by atoms with Crippen LogP contribution in [0.4, 0.5) is 10.2 Å². The summed E-state index contributed by atoms with van der Waals surface area (Å²) >= 11 is 5.71. The molecule has 12 N–H and O–H groups in total. The van der Waals surface area contributed by atoms with Crippen molar-refractivity contribution in [3.8, 4) is 0 Å². The Morgan fingerprint density at radius 2 is 1.48 bits per heavy atom. The molecule has 3 atom stereocenters. The highest BCUT2D eigenvalue weighted by Crippen LogP contribution is 2.36. The van der Waals surface area contributed by atoms with E-state index in [-0.39, 0.29) is 12.3 Å². The Morgan fingerprint density at radius 3 is 1.79 bits per heavy atom. The number of ether oxygens (including phenoxy) is 1. The third-order valence-electron chi connectivity index (χ3n) is 3.04. The molecule has 0 radical (unpaired) electrons. The van der Waals surface area contributed by atoms with Crippen LogP contribution in [0.25, 0.3) is 0 Å². The summed E-state index contributed by atoms with van der Waals surface area (Å²) in [5.41, 5.74) is 3.48. The van der Waals surface area contributed by atoms with E-state index in [4.69, 9.17) is 79.8 Å². The fourth-order valence-electron chi connectivity index (χ4n) is 1.83. The van der Waals surface area contributed by atoms with Crippen molar-refractivity contribution in [2.24, 2.45) is 0 Å². The number of aromatic nitrogens is 2. The number of nitrogens with zero attached hydrogens (tertiary/aromatic N) is 2. The van der Waals surface area contributed by atoms with E-state index in [0.29, 0.717) is 0 Å². The number of alkyl halides is 1. The molecule has 0 bridgehead atoms. The van der Waals surface area contributed by atoms with Crippen molar-refractivity contribution in [2.45, 2.75) is 31.3 Å². The van der Waals surface area contributed by atoms with Crippen LogP contribution in [0.1, 0.15) is 19.6 Å². The molecule has 1 aromatic rings. The van der Waals surface area contributed by atoms with Gasteiger partial charge in [-0.15, -0.1) is 11.6 Å². The Bertz CT molecular complexity index is 891. The average Bonchev–Trinajstić information content (AvgIpc) is 2.82. The van der Waals surface area contributed by atoms with Crippen LogP contribution in [-0.4, -0.2) is 76.3 Å². The van der Waals surface area contributed by atoms with Crippen molar-refractivity contribution >= 4 is 40.9 Å². The molecule has 0 aromatic carbocycles. The fourth-order valence-corrected chi connectivity index (χ4v) is 2.07. The van der Waals surface area contributed by atoms with Crippen molar-refractivity contribution in [2.75, 3.05) is 11.6 Å². The summed E-state index contributed by atoms with van der Waals surface area (Å²) in [6.45, 7) is 1.62. The lowest BCUT2D eigenvalue weighted by Gasteiger charge is -2.24. The van der Waals surface area contributed by atoms with Crippen LogP contribution in [0, 0.1) is 5.82 Å². The van der Waals surface area contributed by atoms with Gasteiger partial charge in [0, 0.05) is 6.42 Å². The van der Waals surface area contributed by atoms with Gasteiger partial charge in [-0.05, 0) is 6.92 Å². The smallest absolute Gasteiger partial charge is 0.390 e. The first-order valence-electron chi connectivity index (χ1n) is 7.68. The third-order valence-corrected chi connectivity index (χ3v) is 3.58. The molecule has 0 spiro atoms. The number of aliphatic hydroxyl groups excluding tert-OH is 1. The molecule has 33 heavy (non-hydrogen) atoms. The zero-order chi connectivity index (χ0) is 27.0. The van der Waals surface area contributed by atoms with Gasteiger partial charge in [-0.3, -0.25) is 4.57 Å². The molecular weight excluding hydrogens is 549 g/mol. The largest absolute Gasteiger partial charge is 0.466 e. The monoisotopic (exact) mass is 571 g/mol. The maximum atomic E-state index is 13.3. The van der Waals surface area contributed by atoms with Crippen LogP contribution in [-0.2, 0) is 18.4 Å². The van der Waals surface area contributed by atoms with Gasteiger partial charge in [0.15, 0.2) is 11.6 Å². The first-order valence-corrected chi connectivity index (χ1v) is 12.9. The first-order chi connectivity index (χ1) is 14.4. The van der Waals surface area contributed by atoms with E-state index >= 15 is 0 Å². The standard InChI is InChI=1S/C10H13ClFN3O3.3H3O4P/c1-10(4-11)6(16)2-7(18-10)15-3-5(12)8(13)14-9(15)17;3*1-5(2,3)4/h3,6-7,16H,2,4H2,1H3,(H2,13,14,17);3*(H3,1,2,3,4)/t6-,7+,10-;;;/m0.../s1. The van der Waals surface area contributed by atoms with E-state index in [1.165, 1.54) is 0 Å². The lowest BCUT2D eigenvalue weighted by Crippen LogP contribution is -2.38. The van der Waals surface area contributed by atoms with Gasteiger partial charge in [0.2, 0.25) is 0 Å². The molecule has 1 aromatic heterocycles. The Balaban J connectivity index is 0. The second-order valence-electron chi connectivity index (χ2n) is 5.97. The molecular formula is C10H22ClFN3O15P3. The molecule has 0 aliphatic carbocycles. The molecule has 2 rings (SSSR count). The van der Waals surface area contributed by atoms with Gasteiger partial charge < -0.3 is 59.6 Å². The van der Waals surface area contributed by atoms with E-state index in [2.05, 4.69) is 4.98 Å². The highest BCUT2D eigenvalue weighted by atomic mass is 35.5. The van der Waals surface area contributed by atoms with E-state index < -0.39 is 58.7 Å². The molecule has 196 valence electrons. The maximum absolute atomic E-state index is 13.3. The second-order valence-corrected chi connectivity index (χ2v) is 9.32. The quantitative estimate of drug-likeness (QED) is 0.128. The average molecular weight is 572 g/mol. The zero-order valence-corrected chi connectivity index (χ0v) is 19.7. The Labute approximate surface area is 188 Å². The number of nitrogens with two attached hydrogens (primary N) is 1. The van der Waals surface area contributed by atoms with E-state index in [9.17, 15) is 14.3 Å². The van der Waals surface area contributed by atoms with Crippen molar-refractivity contribution < 1.29 is 72.0 Å². The Hall–Kier alpha value is -0.850. The number of hydrogen-bond donors (Lipinski definition) is 11. The molecule has 0 saturated carbocycles. The minimum Gasteiger partial charge on any atom is -0.390 e. The number of aliphatic hydroxyl groups is 1. The zero-order valence-electron chi connectivity index (χ0n) is 16.2. The Kier molecular flexibility index (Phi) is 13.8. The summed E-state index contributed by atoms with van der Waals surface area (Å²) in [6.07, 6.45) is -0.595. The molecule has 1 aliphatic heterocycles. The van der Waals surface area contributed by atoms with Crippen molar-refractivity contribution in [1.29, 1.82) is 0 Å². The highest BCUT2D eigenvalue weighted by Gasteiger charge is 2.45. The lowest BCUT2D eigenvalue weighted by molar-refractivity contribution is -0.0773. The SMILES string of the molecule is C[C@@]1(CCl)O[C@@H](n2cc(F)c(N)nc2=O)C[C@@H]1O.O=P(O)(O)O.O=P(O)(O)O.O=P(O)(O)O. The van der Waals surface area contributed by atoms with Crippen LogP contribution < -0.4 is 11.4 Å². The summed E-state index contributed by atoms with van der Waals surface area (Å²) in [7, 11) is -13.9. The summed E-state index contributed by atoms with van der Waals surface area (Å²) in [5.74, 6) is -1.22. The van der Waals surface area contributed by atoms with Crippen LogP contribution in [0.15, 0.2) is 11.0 Å². The molecule has 1 aliphatic rings. The normalized spacial score (nSPS) is 22.7. The maximum Gasteiger partial charge on any atom is 0.466 e. The van der Waals surface area contributed by atoms with Crippen molar-refractivity contribution in [3.63, 3.8) is 0 Å². The van der Waals surface area contributed by atoms with Gasteiger partial charge in [0.25, 0.3) is 0 Å². The topological polar surface area (TPSA) is 324 Å². The molecule has 1 saturated heterocycles. The van der Waals surface area contributed by atoms with Crippen molar-refractivity contribution in [1.82, 2.24) is 9.55 Å². The number of rotatable bonds is 2. The predicted molar refractivity (Wildman–Crippen MR) is 106 cm³/mol. The van der Waals surface area contributed by atoms with Gasteiger partial charge in [0.05, 0.1) is 18.2 Å². The summed E-state index contributed by atoms with van der Waals surface area (Å²) in [4.78, 5) is 79.6. The van der Waals surface area contributed by atoms with Crippen LogP contribution in [0.3, 0.4) is 0 Å². The van der Waals surface area contributed by atoms with E-state index in [1.54, 1.807) is 6.92 Å². The summed E-state index contributed by atoms with van der Waals surface area (Å²) in [5, 5.41) is 9.83. The molecule has 1 fully saturated rings. The third kappa shape index (κ3) is 19.2. The first kappa shape index (κ1) is 34.3. The van der Waals surface area contributed by atoms with Gasteiger partial charge in [-0.1, -0.05) is 0 Å². The molecule has 0 amide bonds. The number of halogens is 2. The van der Waals surface area contributed by atoms with Gasteiger partial charge in [-0.2, -0.15) is 4.98 Å². The number of anilines is 1. The van der Waals surface area contributed by atoms with E-state index in [0.717, 1.165) is 10.8 Å². The lowest BCUT2D eigenvalue weighted by atomic mass is 10.0. The number of nitrogen functional groups attached to an aromatic ring is 1. The fraction of sp³-hybridized carbons (Fsp3) is 0.600. The van der Waals surface area contributed by atoms with Crippen LogP contribution in [0.2, 0.25) is 0 Å².